The Hall–Kier alpha value is -2.08. The monoisotopic (exact) mass is 373 g/mol. The Morgan fingerprint density at radius 1 is 1.31 bits per heavy atom. The van der Waals surface area contributed by atoms with Crippen LogP contribution in [0.1, 0.15) is 17.2 Å². The number of carbonyl (C=O) groups excluding carboxylic acids is 1. The van der Waals surface area contributed by atoms with Crippen molar-refractivity contribution in [1.82, 2.24) is 15.5 Å². The van der Waals surface area contributed by atoms with E-state index >= 15 is 0 Å². The Bertz CT molecular complexity index is 736. The number of hydrogen-bond donors (Lipinski definition) is 2. The second kappa shape index (κ2) is 9.03. The molecule has 1 saturated heterocycles. The van der Waals surface area contributed by atoms with Crippen molar-refractivity contribution >= 4 is 17.5 Å². The maximum Gasteiger partial charge on any atom is 0.234 e. The van der Waals surface area contributed by atoms with E-state index in [0.29, 0.717) is 13.1 Å². The first-order valence-electron chi connectivity index (χ1n) is 8.75. The lowest BCUT2D eigenvalue weighted by Gasteiger charge is -2.36. The van der Waals surface area contributed by atoms with Crippen molar-refractivity contribution in [3.05, 3.63) is 64.7 Å². The van der Waals surface area contributed by atoms with Gasteiger partial charge in [0, 0.05) is 37.2 Å². The Morgan fingerprint density at radius 2 is 2.12 bits per heavy atom. The summed E-state index contributed by atoms with van der Waals surface area (Å²) in [4.78, 5) is 14.6. The van der Waals surface area contributed by atoms with Crippen molar-refractivity contribution < 1.29 is 9.53 Å². The first-order chi connectivity index (χ1) is 12.7. The summed E-state index contributed by atoms with van der Waals surface area (Å²) in [6.45, 7) is 3.40. The lowest BCUT2D eigenvalue weighted by atomic mass is 10.0. The number of hydrogen-bond acceptors (Lipinski definition) is 4. The fraction of sp³-hybridized carbons (Fsp3) is 0.350. The van der Waals surface area contributed by atoms with E-state index in [9.17, 15) is 4.79 Å². The lowest BCUT2D eigenvalue weighted by molar-refractivity contribution is -0.123. The molecule has 6 heteroatoms. The first-order valence-corrected chi connectivity index (χ1v) is 9.13. The fourth-order valence-corrected chi connectivity index (χ4v) is 3.36. The van der Waals surface area contributed by atoms with Gasteiger partial charge in [-0.1, -0.05) is 35.9 Å². The standard InChI is InChI=1S/C20H24ClN3O2/c1-26-18-7-5-15(6-8-18)12-23-20(25)14-24-10-9-22-13-19(24)16-3-2-4-17(21)11-16/h2-8,11,19,22H,9-10,12-14H2,1H3,(H,23,25). The van der Waals surface area contributed by atoms with Crippen LogP contribution < -0.4 is 15.4 Å². The van der Waals surface area contributed by atoms with Crippen LogP contribution >= 0.6 is 11.6 Å². The van der Waals surface area contributed by atoms with Crippen LogP contribution in [0.3, 0.4) is 0 Å². The number of nitrogens with zero attached hydrogens (tertiary/aromatic N) is 1. The highest BCUT2D eigenvalue weighted by Crippen LogP contribution is 2.24. The molecule has 1 atom stereocenters. The van der Waals surface area contributed by atoms with E-state index in [4.69, 9.17) is 16.3 Å². The zero-order valence-electron chi connectivity index (χ0n) is 14.9. The van der Waals surface area contributed by atoms with Crippen molar-refractivity contribution in [3.8, 4) is 5.75 Å². The minimum Gasteiger partial charge on any atom is -0.497 e. The van der Waals surface area contributed by atoms with Crippen LogP contribution in [-0.4, -0.2) is 44.1 Å². The van der Waals surface area contributed by atoms with Gasteiger partial charge in [0.1, 0.15) is 5.75 Å². The van der Waals surface area contributed by atoms with E-state index in [2.05, 4.69) is 21.6 Å². The van der Waals surface area contributed by atoms with Gasteiger partial charge in [-0.25, -0.2) is 0 Å². The van der Waals surface area contributed by atoms with Gasteiger partial charge in [0.2, 0.25) is 5.91 Å². The Kier molecular flexibility index (Phi) is 6.50. The molecule has 1 heterocycles. The molecule has 3 rings (SSSR count). The van der Waals surface area contributed by atoms with Crippen molar-refractivity contribution in [1.29, 1.82) is 0 Å². The van der Waals surface area contributed by atoms with Crippen LogP contribution in [0.4, 0.5) is 0 Å². The molecular formula is C20H24ClN3O2. The Morgan fingerprint density at radius 3 is 2.85 bits per heavy atom. The van der Waals surface area contributed by atoms with E-state index in [1.54, 1.807) is 7.11 Å². The number of amides is 1. The molecule has 0 saturated carbocycles. The van der Waals surface area contributed by atoms with Gasteiger partial charge >= 0.3 is 0 Å². The van der Waals surface area contributed by atoms with Gasteiger partial charge in [-0.2, -0.15) is 0 Å². The molecule has 0 bridgehead atoms. The predicted octanol–water partition coefficient (Wildman–Crippen LogP) is 2.61. The molecule has 2 N–H and O–H groups in total. The summed E-state index contributed by atoms with van der Waals surface area (Å²) >= 11 is 6.13. The smallest absolute Gasteiger partial charge is 0.234 e. The zero-order chi connectivity index (χ0) is 18.4. The normalized spacial score (nSPS) is 17.7. The molecule has 1 aliphatic heterocycles. The largest absolute Gasteiger partial charge is 0.497 e. The van der Waals surface area contributed by atoms with Crippen molar-refractivity contribution in [2.45, 2.75) is 12.6 Å². The molecule has 2 aromatic carbocycles. The summed E-state index contributed by atoms with van der Waals surface area (Å²) in [7, 11) is 1.64. The maximum atomic E-state index is 12.4. The van der Waals surface area contributed by atoms with Gasteiger partial charge in [-0.3, -0.25) is 9.69 Å². The van der Waals surface area contributed by atoms with Crippen molar-refractivity contribution in [3.63, 3.8) is 0 Å². The zero-order valence-corrected chi connectivity index (χ0v) is 15.6. The molecule has 5 nitrogen and oxygen atoms in total. The van der Waals surface area contributed by atoms with Crippen LogP contribution in [0.5, 0.6) is 5.75 Å². The number of methoxy groups -OCH3 is 1. The summed E-state index contributed by atoms with van der Waals surface area (Å²) in [5.41, 5.74) is 2.18. The van der Waals surface area contributed by atoms with E-state index in [1.165, 1.54) is 0 Å². The minimum atomic E-state index is 0.0229. The van der Waals surface area contributed by atoms with Crippen molar-refractivity contribution in [2.24, 2.45) is 0 Å². The molecule has 26 heavy (non-hydrogen) atoms. The van der Waals surface area contributed by atoms with Crippen molar-refractivity contribution in [2.75, 3.05) is 33.3 Å². The third kappa shape index (κ3) is 4.97. The van der Waals surface area contributed by atoms with Crippen LogP contribution in [-0.2, 0) is 11.3 Å². The second-order valence-electron chi connectivity index (χ2n) is 6.37. The van der Waals surface area contributed by atoms with Gasteiger partial charge in [0.15, 0.2) is 0 Å². The van der Waals surface area contributed by atoms with Crippen LogP contribution in [0.25, 0.3) is 0 Å². The third-order valence-corrected chi connectivity index (χ3v) is 4.82. The Balaban J connectivity index is 1.57. The van der Waals surface area contributed by atoms with Gasteiger partial charge < -0.3 is 15.4 Å². The molecule has 138 valence electrons. The molecule has 1 aliphatic rings. The molecule has 2 aromatic rings. The lowest BCUT2D eigenvalue weighted by Crippen LogP contribution is -2.49. The van der Waals surface area contributed by atoms with E-state index < -0.39 is 0 Å². The van der Waals surface area contributed by atoms with Gasteiger partial charge in [-0.05, 0) is 35.4 Å². The molecule has 1 unspecified atom stereocenters. The van der Waals surface area contributed by atoms with Gasteiger partial charge in [-0.15, -0.1) is 0 Å². The minimum absolute atomic E-state index is 0.0229. The predicted molar refractivity (Wildman–Crippen MR) is 103 cm³/mol. The number of benzene rings is 2. The van der Waals surface area contributed by atoms with Gasteiger partial charge in [0.05, 0.1) is 13.7 Å². The first kappa shape index (κ1) is 18.7. The van der Waals surface area contributed by atoms with Gasteiger partial charge in [0.25, 0.3) is 0 Å². The molecule has 0 spiro atoms. The molecule has 1 fully saturated rings. The summed E-state index contributed by atoms with van der Waals surface area (Å²) in [6, 6.07) is 15.7. The number of piperazine rings is 1. The number of rotatable bonds is 6. The third-order valence-electron chi connectivity index (χ3n) is 4.58. The topological polar surface area (TPSA) is 53.6 Å². The van der Waals surface area contributed by atoms with Crippen LogP contribution in [0.2, 0.25) is 5.02 Å². The molecular weight excluding hydrogens is 350 g/mol. The maximum absolute atomic E-state index is 12.4. The molecule has 1 amide bonds. The SMILES string of the molecule is COc1ccc(CNC(=O)CN2CCNCC2c2cccc(Cl)c2)cc1. The molecule has 0 aliphatic carbocycles. The summed E-state index contributed by atoms with van der Waals surface area (Å²) < 4.78 is 5.15. The summed E-state index contributed by atoms with van der Waals surface area (Å²) in [5.74, 6) is 0.833. The fourth-order valence-electron chi connectivity index (χ4n) is 3.16. The number of carbonyl (C=O) groups is 1. The number of halogens is 1. The highest BCUT2D eigenvalue weighted by molar-refractivity contribution is 6.30. The molecule has 0 aromatic heterocycles. The average Bonchev–Trinajstić information content (AvgIpc) is 2.67. The highest BCUT2D eigenvalue weighted by atomic mass is 35.5. The average molecular weight is 374 g/mol. The quantitative estimate of drug-likeness (QED) is 0.817. The second-order valence-corrected chi connectivity index (χ2v) is 6.81. The highest BCUT2D eigenvalue weighted by Gasteiger charge is 2.25. The van der Waals surface area contributed by atoms with E-state index in [1.807, 2.05) is 42.5 Å². The van der Waals surface area contributed by atoms with Crippen LogP contribution in [0.15, 0.2) is 48.5 Å². The van der Waals surface area contributed by atoms with Crippen LogP contribution in [0, 0.1) is 0 Å². The summed E-state index contributed by atoms with van der Waals surface area (Å²) in [6.07, 6.45) is 0. The summed E-state index contributed by atoms with van der Waals surface area (Å²) in [5, 5.41) is 7.12. The number of nitrogens with one attached hydrogen (secondary N) is 2. The molecule has 0 radical (unpaired) electrons. The number of ether oxygens (including phenoxy) is 1. The van der Waals surface area contributed by atoms with E-state index in [0.717, 1.165) is 41.5 Å². The van der Waals surface area contributed by atoms with E-state index in [-0.39, 0.29) is 11.9 Å². The Labute approximate surface area is 159 Å².